The number of nitrogens with one attached hydrogen (secondary N) is 1. The largest absolute Gasteiger partial charge is 0.398 e. The van der Waals surface area contributed by atoms with E-state index in [9.17, 15) is 8.42 Å². The Kier molecular flexibility index (Phi) is 4.34. The Bertz CT molecular complexity index is 750. The third-order valence-corrected chi connectivity index (χ3v) is 4.94. The van der Waals surface area contributed by atoms with E-state index in [0.717, 1.165) is 17.7 Å². The van der Waals surface area contributed by atoms with Crippen LogP contribution < -0.4 is 10.5 Å². The van der Waals surface area contributed by atoms with Crippen LogP contribution in [-0.4, -0.2) is 18.2 Å². The van der Waals surface area contributed by atoms with Gasteiger partial charge in [-0.2, -0.15) is 5.10 Å². The molecule has 0 aliphatic carbocycles. The number of hydrogen-bond acceptors (Lipinski definition) is 4. The first-order chi connectivity index (χ1) is 9.85. The lowest BCUT2D eigenvalue weighted by Crippen LogP contribution is -2.24. The van der Waals surface area contributed by atoms with E-state index in [1.165, 1.54) is 0 Å². The van der Waals surface area contributed by atoms with Crippen molar-refractivity contribution in [2.45, 2.75) is 31.7 Å². The molecule has 0 saturated heterocycles. The van der Waals surface area contributed by atoms with Crippen LogP contribution in [0.2, 0.25) is 0 Å². The highest BCUT2D eigenvalue weighted by Gasteiger charge is 2.18. The summed E-state index contributed by atoms with van der Waals surface area (Å²) in [6.07, 6.45) is 2.59. The summed E-state index contributed by atoms with van der Waals surface area (Å²) in [6.45, 7) is 3.90. The molecule has 0 fully saturated rings. The molecule has 3 N–H and O–H groups in total. The first-order valence-corrected chi connectivity index (χ1v) is 8.19. The van der Waals surface area contributed by atoms with E-state index in [2.05, 4.69) is 9.82 Å². The van der Waals surface area contributed by atoms with Gasteiger partial charge in [0.2, 0.25) is 10.0 Å². The van der Waals surface area contributed by atoms with Crippen molar-refractivity contribution < 1.29 is 8.42 Å². The van der Waals surface area contributed by atoms with Crippen molar-refractivity contribution in [2.75, 3.05) is 5.73 Å². The van der Waals surface area contributed by atoms with Gasteiger partial charge in [-0.3, -0.25) is 4.68 Å². The molecule has 0 bridgehead atoms. The van der Waals surface area contributed by atoms with Crippen molar-refractivity contribution >= 4 is 15.7 Å². The van der Waals surface area contributed by atoms with Crippen LogP contribution in [0.15, 0.2) is 29.3 Å². The van der Waals surface area contributed by atoms with Gasteiger partial charge >= 0.3 is 0 Å². The molecule has 7 heteroatoms. The zero-order valence-corrected chi connectivity index (χ0v) is 13.2. The highest BCUT2D eigenvalue weighted by Crippen LogP contribution is 2.20. The number of aryl methyl sites for hydroxylation is 2. The smallest absolute Gasteiger partial charge is 0.241 e. The van der Waals surface area contributed by atoms with Crippen molar-refractivity contribution in [3.05, 3.63) is 41.2 Å². The maximum Gasteiger partial charge on any atom is 0.241 e. The van der Waals surface area contributed by atoms with Crippen molar-refractivity contribution in [2.24, 2.45) is 7.05 Å². The van der Waals surface area contributed by atoms with Crippen LogP contribution >= 0.6 is 0 Å². The lowest BCUT2D eigenvalue weighted by atomic mass is 10.2. The van der Waals surface area contributed by atoms with Gasteiger partial charge < -0.3 is 5.73 Å². The summed E-state index contributed by atoms with van der Waals surface area (Å²) in [5.74, 6) is 0. The van der Waals surface area contributed by atoms with E-state index in [1.54, 1.807) is 29.8 Å². The van der Waals surface area contributed by atoms with Crippen LogP contribution in [0.5, 0.6) is 0 Å². The number of anilines is 1. The SMILES string of the molecule is CCc1nn(C)cc1CNS(=O)(=O)c1cccc(N)c1C. The third kappa shape index (κ3) is 3.25. The van der Waals surface area contributed by atoms with Crippen molar-refractivity contribution in [1.29, 1.82) is 0 Å². The third-order valence-electron chi connectivity index (χ3n) is 3.39. The molecule has 21 heavy (non-hydrogen) atoms. The van der Waals surface area contributed by atoms with Gasteiger partial charge in [-0.1, -0.05) is 13.0 Å². The lowest BCUT2D eigenvalue weighted by Gasteiger charge is -2.10. The Morgan fingerprint density at radius 1 is 1.38 bits per heavy atom. The molecule has 0 unspecified atom stereocenters. The summed E-state index contributed by atoms with van der Waals surface area (Å²) in [7, 11) is -1.78. The molecule has 114 valence electrons. The highest BCUT2D eigenvalue weighted by molar-refractivity contribution is 7.89. The second-order valence-electron chi connectivity index (χ2n) is 4.92. The van der Waals surface area contributed by atoms with E-state index in [0.29, 0.717) is 11.3 Å². The number of nitrogens with zero attached hydrogens (tertiary/aromatic N) is 2. The molecule has 1 aromatic heterocycles. The average molecular weight is 308 g/mol. The zero-order valence-electron chi connectivity index (χ0n) is 12.4. The van der Waals surface area contributed by atoms with E-state index >= 15 is 0 Å². The maximum atomic E-state index is 12.4. The fourth-order valence-electron chi connectivity index (χ4n) is 2.20. The van der Waals surface area contributed by atoms with Crippen LogP contribution in [0.1, 0.15) is 23.7 Å². The molecule has 0 aliphatic heterocycles. The van der Waals surface area contributed by atoms with Gasteiger partial charge in [-0.15, -0.1) is 0 Å². The minimum absolute atomic E-state index is 0.212. The molecular formula is C14H20N4O2S. The Balaban J connectivity index is 2.24. The Morgan fingerprint density at radius 2 is 2.10 bits per heavy atom. The van der Waals surface area contributed by atoms with Gasteiger partial charge in [0.05, 0.1) is 10.6 Å². The highest BCUT2D eigenvalue weighted by atomic mass is 32.2. The zero-order chi connectivity index (χ0) is 15.6. The minimum atomic E-state index is -3.59. The van der Waals surface area contributed by atoms with E-state index in [-0.39, 0.29) is 11.4 Å². The monoisotopic (exact) mass is 308 g/mol. The number of benzene rings is 1. The molecular weight excluding hydrogens is 288 g/mol. The maximum absolute atomic E-state index is 12.4. The molecule has 2 rings (SSSR count). The Hall–Kier alpha value is -1.86. The topological polar surface area (TPSA) is 90.0 Å². The Morgan fingerprint density at radius 3 is 2.76 bits per heavy atom. The summed E-state index contributed by atoms with van der Waals surface area (Å²) in [5.41, 5.74) is 8.57. The number of nitrogen functional groups attached to an aromatic ring is 1. The van der Waals surface area contributed by atoms with E-state index in [4.69, 9.17) is 5.73 Å². The van der Waals surface area contributed by atoms with Gasteiger partial charge in [-0.25, -0.2) is 13.1 Å². The molecule has 0 spiro atoms. The predicted molar refractivity (Wildman–Crippen MR) is 82.2 cm³/mol. The lowest BCUT2D eigenvalue weighted by molar-refractivity contribution is 0.580. The second-order valence-corrected chi connectivity index (χ2v) is 6.66. The predicted octanol–water partition coefficient (Wildman–Crippen LogP) is 1.35. The average Bonchev–Trinajstić information content (AvgIpc) is 2.80. The summed E-state index contributed by atoms with van der Waals surface area (Å²) < 4.78 is 29.1. The van der Waals surface area contributed by atoms with Crippen molar-refractivity contribution in [1.82, 2.24) is 14.5 Å². The molecule has 2 aromatic rings. The fourth-order valence-corrected chi connectivity index (χ4v) is 3.48. The van der Waals surface area contributed by atoms with E-state index < -0.39 is 10.0 Å². The van der Waals surface area contributed by atoms with Crippen LogP contribution in [0.25, 0.3) is 0 Å². The van der Waals surface area contributed by atoms with Gasteiger partial charge in [0.1, 0.15) is 0 Å². The van der Waals surface area contributed by atoms with Gasteiger partial charge in [-0.05, 0) is 31.0 Å². The molecule has 0 radical (unpaired) electrons. The normalized spacial score (nSPS) is 11.8. The summed E-state index contributed by atoms with van der Waals surface area (Å²) in [4.78, 5) is 0.212. The molecule has 0 atom stereocenters. The first-order valence-electron chi connectivity index (χ1n) is 6.71. The number of hydrogen-bond donors (Lipinski definition) is 2. The molecule has 0 aliphatic rings. The number of nitrogens with two attached hydrogens (primary N) is 1. The van der Waals surface area contributed by atoms with E-state index in [1.807, 2.05) is 20.2 Å². The first kappa shape index (κ1) is 15.5. The summed E-state index contributed by atoms with van der Waals surface area (Å²) in [6, 6.07) is 4.88. The molecule has 6 nitrogen and oxygen atoms in total. The standard InChI is InChI=1S/C14H20N4O2S/c1-4-13-11(9-18(3)17-13)8-16-21(19,20)14-7-5-6-12(15)10(14)2/h5-7,9,16H,4,8,15H2,1-3H3. The van der Waals surface area contributed by atoms with Crippen LogP contribution in [0.3, 0.4) is 0 Å². The van der Waals surface area contributed by atoms with Crippen LogP contribution in [0.4, 0.5) is 5.69 Å². The van der Waals surface area contributed by atoms with Gasteiger partial charge in [0, 0.05) is 31.0 Å². The van der Waals surface area contributed by atoms with Gasteiger partial charge in [0.25, 0.3) is 0 Å². The minimum Gasteiger partial charge on any atom is -0.398 e. The quantitative estimate of drug-likeness (QED) is 0.816. The molecule has 0 amide bonds. The van der Waals surface area contributed by atoms with Crippen LogP contribution in [-0.2, 0) is 30.0 Å². The fraction of sp³-hybridized carbons (Fsp3) is 0.357. The van der Waals surface area contributed by atoms with Gasteiger partial charge in [0.15, 0.2) is 0 Å². The van der Waals surface area contributed by atoms with Crippen molar-refractivity contribution in [3.8, 4) is 0 Å². The second kappa shape index (κ2) is 5.87. The molecule has 0 saturated carbocycles. The number of rotatable bonds is 5. The number of sulfonamides is 1. The number of aromatic nitrogens is 2. The summed E-state index contributed by atoms with van der Waals surface area (Å²) in [5, 5.41) is 4.30. The van der Waals surface area contributed by atoms with Crippen molar-refractivity contribution in [3.63, 3.8) is 0 Å². The summed E-state index contributed by atoms with van der Waals surface area (Å²) >= 11 is 0. The van der Waals surface area contributed by atoms with Crippen LogP contribution in [0, 0.1) is 6.92 Å². The molecule has 1 aromatic carbocycles. The Labute approximate surface area is 125 Å². The molecule has 1 heterocycles.